The topological polar surface area (TPSA) is 52.8 Å². The number of carbonyl (C=O) groups is 1. The maximum atomic E-state index is 13.5. The third-order valence-corrected chi connectivity index (χ3v) is 7.20. The van der Waals surface area contributed by atoms with E-state index in [0.29, 0.717) is 26.2 Å². The zero-order valence-corrected chi connectivity index (χ0v) is 20.3. The highest BCUT2D eigenvalue weighted by atomic mass is 19.4. The lowest BCUT2D eigenvalue weighted by molar-refractivity contribution is -0.137. The number of piperazine rings is 1. The molecular weight excluding hydrogens is 469 g/mol. The molecule has 9 heteroatoms. The Labute approximate surface area is 208 Å². The first kappa shape index (κ1) is 24.4. The number of alkyl halides is 3. The normalized spacial score (nSPS) is 21.6. The van der Waals surface area contributed by atoms with Gasteiger partial charge in [-0.3, -0.25) is 9.69 Å². The average molecular weight is 499 g/mol. The lowest BCUT2D eigenvalue weighted by Gasteiger charge is -2.45. The van der Waals surface area contributed by atoms with Crippen LogP contribution in [0.4, 0.5) is 19.0 Å². The van der Waals surface area contributed by atoms with Crippen molar-refractivity contribution in [2.24, 2.45) is 0 Å². The third kappa shape index (κ3) is 4.72. The molecule has 0 spiro atoms. The number of fused-ring (bicyclic) bond motifs is 1. The van der Waals surface area contributed by atoms with Crippen LogP contribution in [0, 0.1) is 0 Å². The number of anilines is 1. The second-order valence-corrected chi connectivity index (χ2v) is 9.62. The number of para-hydroxylation sites is 1. The van der Waals surface area contributed by atoms with E-state index in [-0.39, 0.29) is 30.4 Å². The minimum absolute atomic E-state index is 0.0304. The van der Waals surface area contributed by atoms with E-state index in [9.17, 15) is 18.0 Å². The highest BCUT2D eigenvalue weighted by Gasteiger charge is 2.39. The number of halogens is 3. The summed E-state index contributed by atoms with van der Waals surface area (Å²) in [5, 5.41) is 1.06. The van der Waals surface area contributed by atoms with Crippen LogP contribution in [0.25, 0.3) is 16.5 Å². The molecule has 2 atom stereocenters. The van der Waals surface area contributed by atoms with Crippen LogP contribution >= 0.6 is 0 Å². The van der Waals surface area contributed by atoms with Gasteiger partial charge in [-0.2, -0.15) is 13.2 Å². The zero-order valence-electron chi connectivity index (χ0n) is 20.3. The Bertz CT molecular complexity index is 1290. The summed E-state index contributed by atoms with van der Waals surface area (Å²) in [6.45, 7) is 6.06. The fourth-order valence-electron chi connectivity index (χ4n) is 5.22. The van der Waals surface area contributed by atoms with E-state index in [4.69, 9.17) is 4.42 Å². The molecule has 3 aromatic rings. The van der Waals surface area contributed by atoms with Crippen LogP contribution in [-0.2, 0) is 11.0 Å². The van der Waals surface area contributed by atoms with Crippen molar-refractivity contribution in [3.63, 3.8) is 0 Å². The lowest BCUT2D eigenvalue weighted by Crippen LogP contribution is -2.59. The first-order valence-electron chi connectivity index (χ1n) is 12.2. The Morgan fingerprint density at radius 1 is 1.11 bits per heavy atom. The Balaban J connectivity index is 1.23. The molecule has 1 saturated heterocycles. The molecule has 4 heterocycles. The molecule has 190 valence electrons. The van der Waals surface area contributed by atoms with Gasteiger partial charge in [0.05, 0.1) is 18.4 Å². The van der Waals surface area contributed by atoms with Crippen LogP contribution < -0.4 is 4.90 Å². The van der Waals surface area contributed by atoms with E-state index in [0.717, 1.165) is 29.0 Å². The van der Waals surface area contributed by atoms with Gasteiger partial charge in [-0.1, -0.05) is 24.3 Å². The van der Waals surface area contributed by atoms with Crippen molar-refractivity contribution < 1.29 is 22.4 Å². The number of rotatable bonds is 4. The third-order valence-electron chi connectivity index (χ3n) is 7.20. The number of hydrogen-bond acceptors (Lipinski definition) is 5. The summed E-state index contributed by atoms with van der Waals surface area (Å²) in [6, 6.07) is 10.1. The highest BCUT2D eigenvalue weighted by Crippen LogP contribution is 2.37. The molecular formula is C27H29F3N4O2. The van der Waals surface area contributed by atoms with Gasteiger partial charge in [-0.15, -0.1) is 0 Å². The quantitative estimate of drug-likeness (QED) is 0.503. The smallest absolute Gasteiger partial charge is 0.419 e. The summed E-state index contributed by atoms with van der Waals surface area (Å²) < 4.78 is 46.3. The summed E-state index contributed by atoms with van der Waals surface area (Å²) in [4.78, 5) is 22.8. The Kier molecular flexibility index (Phi) is 6.51. The molecule has 0 radical (unpaired) electrons. The van der Waals surface area contributed by atoms with Crippen molar-refractivity contribution in [3.8, 4) is 0 Å². The van der Waals surface area contributed by atoms with Crippen LogP contribution in [0.5, 0.6) is 0 Å². The fourth-order valence-corrected chi connectivity index (χ4v) is 5.22. The number of furan rings is 1. The second kappa shape index (κ2) is 9.61. The highest BCUT2D eigenvalue weighted by molar-refractivity contribution is 5.90. The summed E-state index contributed by atoms with van der Waals surface area (Å²) >= 11 is 0. The molecule has 6 nitrogen and oxygen atoms in total. The number of aromatic nitrogens is 1. The van der Waals surface area contributed by atoms with Gasteiger partial charge in [0.1, 0.15) is 11.4 Å². The molecule has 0 N–H and O–H groups in total. The molecule has 1 fully saturated rings. The van der Waals surface area contributed by atoms with E-state index in [1.54, 1.807) is 11.2 Å². The van der Waals surface area contributed by atoms with Crippen molar-refractivity contribution in [2.45, 2.75) is 38.5 Å². The van der Waals surface area contributed by atoms with E-state index in [1.165, 1.54) is 17.8 Å². The van der Waals surface area contributed by atoms with Crippen molar-refractivity contribution >= 4 is 28.3 Å². The fraction of sp³-hybridized carbons (Fsp3) is 0.407. The number of nitrogens with zero attached hydrogens (tertiary/aromatic N) is 4. The van der Waals surface area contributed by atoms with Crippen LogP contribution in [0.2, 0.25) is 0 Å². The van der Waals surface area contributed by atoms with E-state index >= 15 is 0 Å². The summed E-state index contributed by atoms with van der Waals surface area (Å²) in [7, 11) is 0. The summed E-state index contributed by atoms with van der Waals surface area (Å²) in [6.07, 6.45) is 1.44. The van der Waals surface area contributed by atoms with E-state index < -0.39 is 11.7 Å². The number of pyridine rings is 1. The average Bonchev–Trinajstić information content (AvgIpc) is 3.35. The molecule has 1 amide bonds. The van der Waals surface area contributed by atoms with Gasteiger partial charge in [0.15, 0.2) is 0 Å². The number of carbonyl (C=O) groups excluding carboxylic acids is 1. The molecule has 2 aliphatic heterocycles. The molecule has 0 unspecified atom stereocenters. The van der Waals surface area contributed by atoms with Gasteiger partial charge >= 0.3 is 6.18 Å². The molecule has 36 heavy (non-hydrogen) atoms. The van der Waals surface area contributed by atoms with Crippen LogP contribution in [0.3, 0.4) is 0 Å². The zero-order chi connectivity index (χ0) is 25.4. The Morgan fingerprint density at radius 3 is 2.69 bits per heavy atom. The largest absolute Gasteiger partial charge is 0.464 e. The predicted octanol–water partition coefficient (Wildman–Crippen LogP) is 5.06. The first-order valence-corrected chi connectivity index (χ1v) is 12.2. The maximum absolute atomic E-state index is 13.5. The molecule has 0 aliphatic carbocycles. The van der Waals surface area contributed by atoms with Crippen LogP contribution in [-0.4, -0.2) is 65.5 Å². The monoisotopic (exact) mass is 498 g/mol. The SMILES string of the molecule is C[C@@H]1CN(c2ncccc2C(F)(F)F)[C@@H](C)CN1CC(=O)N1CC=C(c2cccc3ccoc23)CC1. The van der Waals surface area contributed by atoms with Crippen LogP contribution in [0.15, 0.2) is 59.4 Å². The van der Waals surface area contributed by atoms with E-state index in [2.05, 4.69) is 16.0 Å². The molecule has 2 aliphatic rings. The van der Waals surface area contributed by atoms with Gasteiger partial charge in [-0.25, -0.2) is 4.98 Å². The van der Waals surface area contributed by atoms with Gasteiger partial charge in [0.2, 0.25) is 5.91 Å². The van der Waals surface area contributed by atoms with Gasteiger partial charge in [0.25, 0.3) is 0 Å². The minimum atomic E-state index is -4.47. The molecule has 1 aromatic carbocycles. The lowest BCUT2D eigenvalue weighted by atomic mass is 9.98. The van der Waals surface area contributed by atoms with Crippen molar-refractivity contribution in [1.82, 2.24) is 14.8 Å². The second-order valence-electron chi connectivity index (χ2n) is 9.62. The van der Waals surface area contributed by atoms with Crippen molar-refractivity contribution in [3.05, 3.63) is 66.1 Å². The Morgan fingerprint density at radius 2 is 1.94 bits per heavy atom. The minimum Gasteiger partial charge on any atom is -0.464 e. The van der Waals surface area contributed by atoms with Crippen LogP contribution in [0.1, 0.15) is 31.4 Å². The van der Waals surface area contributed by atoms with Gasteiger partial charge in [-0.05, 0) is 44.0 Å². The molecule has 0 bridgehead atoms. The molecule has 2 aromatic heterocycles. The Hall–Kier alpha value is -3.33. The van der Waals surface area contributed by atoms with Gasteiger partial charge < -0.3 is 14.2 Å². The molecule has 5 rings (SSSR count). The van der Waals surface area contributed by atoms with Crippen molar-refractivity contribution in [2.75, 3.05) is 37.6 Å². The maximum Gasteiger partial charge on any atom is 0.419 e. The van der Waals surface area contributed by atoms with E-state index in [1.807, 2.05) is 43.0 Å². The standard InChI is InChI=1S/C27H29F3N4O2/c1-18-16-34(26-23(27(28,29)30)7-4-11-31-26)19(2)15-33(18)17-24(35)32-12-8-20(9-13-32)22-6-3-5-21-10-14-36-25(21)22/h3-8,10-11,14,18-19H,9,12-13,15-17H2,1-2H3/t18-,19+/m1/s1. The number of amides is 1. The number of hydrogen-bond donors (Lipinski definition) is 0. The summed E-state index contributed by atoms with van der Waals surface area (Å²) in [5.74, 6) is -0.0153. The molecule has 0 saturated carbocycles. The first-order chi connectivity index (χ1) is 17.2. The predicted molar refractivity (Wildman–Crippen MR) is 132 cm³/mol. The number of benzene rings is 1. The van der Waals surface area contributed by atoms with Gasteiger partial charge in [0, 0.05) is 55.4 Å². The summed E-state index contributed by atoms with van der Waals surface area (Å²) in [5.41, 5.74) is 2.38. The van der Waals surface area contributed by atoms with Crippen molar-refractivity contribution in [1.29, 1.82) is 0 Å².